The Balaban J connectivity index is 1.45. The molecular formula is C22H20N4O5S. The van der Waals surface area contributed by atoms with Crippen LogP contribution in [0.2, 0.25) is 0 Å². The number of carbonyl (C=O) groups is 5. The van der Waals surface area contributed by atoms with Crippen molar-refractivity contribution in [3.63, 3.8) is 0 Å². The molecule has 2 aromatic rings. The second-order valence-corrected chi connectivity index (χ2v) is 8.72. The van der Waals surface area contributed by atoms with E-state index in [1.165, 1.54) is 17.8 Å². The topological polar surface area (TPSA) is 126 Å². The van der Waals surface area contributed by atoms with Gasteiger partial charge < -0.3 is 0 Å². The molecule has 4 amide bonds. The molecule has 9 nitrogen and oxygen atoms in total. The van der Waals surface area contributed by atoms with E-state index in [0.29, 0.717) is 6.42 Å². The molecular weight excluding hydrogens is 432 g/mol. The van der Waals surface area contributed by atoms with Gasteiger partial charge in [-0.2, -0.15) is 0 Å². The monoisotopic (exact) mass is 452 g/mol. The average molecular weight is 452 g/mol. The smallest absolute Gasteiger partial charge is 0.262 e. The quantitative estimate of drug-likeness (QED) is 0.383. The molecule has 1 N–H and O–H groups in total. The molecule has 2 aliphatic rings. The molecule has 1 aromatic carbocycles. The number of carbonyl (C=O) groups excluding carboxylic acids is 5. The minimum Gasteiger partial charge on any atom is -0.295 e. The largest absolute Gasteiger partial charge is 0.295 e. The lowest BCUT2D eigenvalue weighted by Gasteiger charge is -2.27. The van der Waals surface area contributed by atoms with Crippen molar-refractivity contribution in [3.05, 3.63) is 52.7 Å². The maximum Gasteiger partial charge on any atom is 0.262 e. The molecule has 0 spiro atoms. The second-order valence-electron chi connectivity index (χ2n) is 7.44. The third-order valence-electron chi connectivity index (χ3n) is 5.36. The van der Waals surface area contributed by atoms with Crippen LogP contribution in [0.3, 0.4) is 0 Å². The van der Waals surface area contributed by atoms with Crippen molar-refractivity contribution in [2.24, 2.45) is 0 Å². The lowest BCUT2D eigenvalue weighted by Crippen LogP contribution is -2.54. The maximum absolute atomic E-state index is 12.9. The van der Waals surface area contributed by atoms with Crippen LogP contribution in [-0.4, -0.2) is 56.3 Å². The van der Waals surface area contributed by atoms with Gasteiger partial charge in [0, 0.05) is 12.8 Å². The molecule has 0 radical (unpaired) electrons. The molecule has 164 valence electrons. The highest BCUT2D eigenvalue weighted by molar-refractivity contribution is 7.99. The van der Waals surface area contributed by atoms with Crippen molar-refractivity contribution >= 4 is 41.2 Å². The van der Waals surface area contributed by atoms with Gasteiger partial charge in [-0.1, -0.05) is 13.0 Å². The van der Waals surface area contributed by atoms with E-state index in [4.69, 9.17) is 0 Å². The molecule has 0 saturated carbocycles. The molecule has 1 atom stereocenters. The molecule has 1 fully saturated rings. The molecule has 3 heterocycles. The Morgan fingerprint density at radius 2 is 1.88 bits per heavy atom. The number of nitrogens with zero attached hydrogens (tertiary/aromatic N) is 3. The highest BCUT2D eigenvalue weighted by Gasteiger charge is 2.44. The minimum absolute atomic E-state index is 0.0676. The third-order valence-corrected chi connectivity index (χ3v) is 6.17. The summed E-state index contributed by atoms with van der Waals surface area (Å²) in [7, 11) is 0. The summed E-state index contributed by atoms with van der Waals surface area (Å²) in [6, 6.07) is 7.22. The Bertz CT molecular complexity index is 1130. The van der Waals surface area contributed by atoms with Crippen molar-refractivity contribution in [2.45, 2.75) is 43.7 Å². The van der Waals surface area contributed by atoms with Crippen LogP contribution < -0.4 is 5.32 Å². The third kappa shape index (κ3) is 4.18. The van der Waals surface area contributed by atoms with Gasteiger partial charge in [-0.15, -0.1) is 22.0 Å². The lowest BCUT2D eigenvalue weighted by atomic mass is 10.0. The van der Waals surface area contributed by atoms with E-state index in [0.717, 1.165) is 21.2 Å². The van der Waals surface area contributed by atoms with Gasteiger partial charge in [-0.25, -0.2) is 0 Å². The summed E-state index contributed by atoms with van der Waals surface area (Å²) in [6.07, 6.45) is 0.706. The highest BCUT2D eigenvalue weighted by atomic mass is 32.2. The number of aryl methyl sites for hydroxylation is 1. The molecule has 2 aliphatic heterocycles. The first-order chi connectivity index (χ1) is 15.4. The number of piperidine rings is 1. The maximum atomic E-state index is 12.9. The van der Waals surface area contributed by atoms with E-state index in [2.05, 4.69) is 15.5 Å². The van der Waals surface area contributed by atoms with Gasteiger partial charge in [0.15, 0.2) is 5.78 Å². The van der Waals surface area contributed by atoms with E-state index >= 15 is 0 Å². The molecule has 32 heavy (non-hydrogen) atoms. The number of rotatable bonds is 7. The van der Waals surface area contributed by atoms with E-state index in [1.807, 2.05) is 6.92 Å². The first kappa shape index (κ1) is 21.8. The summed E-state index contributed by atoms with van der Waals surface area (Å²) >= 11 is 1.54. The number of aromatic nitrogens is 2. The molecule has 4 rings (SSSR count). The van der Waals surface area contributed by atoms with Gasteiger partial charge in [0.2, 0.25) is 11.8 Å². The summed E-state index contributed by atoms with van der Waals surface area (Å²) < 4.78 is 0. The number of imide groups is 2. The number of hydrogen-bond acceptors (Lipinski definition) is 8. The number of nitrogens with one attached hydrogen (secondary N) is 1. The van der Waals surface area contributed by atoms with Gasteiger partial charge in [0.05, 0.1) is 11.1 Å². The van der Waals surface area contributed by atoms with Crippen LogP contribution in [0.5, 0.6) is 0 Å². The molecule has 10 heteroatoms. The van der Waals surface area contributed by atoms with Crippen molar-refractivity contribution in [1.29, 1.82) is 0 Å². The van der Waals surface area contributed by atoms with Gasteiger partial charge >= 0.3 is 0 Å². The molecule has 1 saturated heterocycles. The average Bonchev–Trinajstić information content (AvgIpc) is 3.03. The van der Waals surface area contributed by atoms with Crippen molar-refractivity contribution in [2.75, 3.05) is 5.75 Å². The summed E-state index contributed by atoms with van der Waals surface area (Å²) in [4.78, 5) is 62.5. The highest BCUT2D eigenvalue weighted by Crippen LogP contribution is 2.28. The summed E-state index contributed by atoms with van der Waals surface area (Å²) in [5, 5.41) is 10.9. The fourth-order valence-electron chi connectivity index (χ4n) is 3.75. The summed E-state index contributed by atoms with van der Waals surface area (Å²) in [5.74, 6) is -1.49. The zero-order valence-electron chi connectivity index (χ0n) is 17.3. The van der Waals surface area contributed by atoms with Crippen molar-refractivity contribution in [3.8, 4) is 0 Å². The SMILES string of the molecule is CCSc1ccc(C(=O)CCc2ccc3c(c2)C(=O)N(C2CCC(=O)NC2=O)C3=O)nn1. The van der Waals surface area contributed by atoms with Gasteiger partial charge in [0.25, 0.3) is 11.8 Å². The minimum atomic E-state index is -1.00. The number of Topliss-reactive ketones (excluding diaryl/α,β-unsaturated/α-hetero) is 1. The Labute approximate surface area is 188 Å². The standard InChI is InChI=1S/C22H20N4O5S/c1-2-32-19-10-6-15(24-25-19)17(27)8-4-12-3-5-13-14(11-12)22(31)26(21(13)30)16-7-9-18(28)23-20(16)29/h3,5-6,10-11,16H,2,4,7-9H2,1H3,(H,23,28,29). The first-order valence-corrected chi connectivity index (χ1v) is 11.2. The zero-order valence-corrected chi connectivity index (χ0v) is 18.1. The van der Waals surface area contributed by atoms with E-state index in [9.17, 15) is 24.0 Å². The normalized spacial score (nSPS) is 18.0. The van der Waals surface area contributed by atoms with E-state index < -0.39 is 29.7 Å². The zero-order chi connectivity index (χ0) is 22.8. The number of benzene rings is 1. The second kappa shape index (κ2) is 8.99. The molecule has 1 unspecified atom stereocenters. The predicted octanol–water partition coefficient (Wildman–Crippen LogP) is 1.81. The summed E-state index contributed by atoms with van der Waals surface area (Å²) in [6.45, 7) is 2.00. The molecule has 1 aromatic heterocycles. The van der Waals surface area contributed by atoms with Gasteiger partial charge in [0.1, 0.15) is 16.8 Å². The number of fused-ring (bicyclic) bond motifs is 1. The molecule has 0 aliphatic carbocycles. The van der Waals surface area contributed by atoms with Crippen LogP contribution in [0.1, 0.15) is 63.0 Å². The Kier molecular flexibility index (Phi) is 6.13. The number of thioether (sulfide) groups is 1. The van der Waals surface area contributed by atoms with Crippen LogP contribution in [0.25, 0.3) is 0 Å². The van der Waals surface area contributed by atoms with Gasteiger partial charge in [-0.05, 0) is 48.4 Å². The van der Waals surface area contributed by atoms with E-state index in [-0.39, 0.29) is 41.9 Å². The van der Waals surface area contributed by atoms with Crippen molar-refractivity contribution in [1.82, 2.24) is 20.4 Å². The number of amides is 4. The first-order valence-electron chi connectivity index (χ1n) is 10.2. The predicted molar refractivity (Wildman–Crippen MR) is 114 cm³/mol. The van der Waals surface area contributed by atoms with Crippen LogP contribution in [0, 0.1) is 0 Å². The van der Waals surface area contributed by atoms with Crippen LogP contribution >= 0.6 is 11.8 Å². The fourth-order valence-corrected chi connectivity index (χ4v) is 4.31. The number of hydrogen-bond donors (Lipinski definition) is 1. The lowest BCUT2D eigenvalue weighted by molar-refractivity contribution is -0.136. The number of ketones is 1. The van der Waals surface area contributed by atoms with E-state index in [1.54, 1.807) is 24.3 Å². The Morgan fingerprint density at radius 1 is 1.09 bits per heavy atom. The Morgan fingerprint density at radius 3 is 2.56 bits per heavy atom. The van der Waals surface area contributed by atoms with Crippen LogP contribution in [0.15, 0.2) is 35.4 Å². The fraction of sp³-hybridized carbons (Fsp3) is 0.318. The van der Waals surface area contributed by atoms with Crippen molar-refractivity contribution < 1.29 is 24.0 Å². The summed E-state index contributed by atoms with van der Waals surface area (Å²) in [5.41, 5.74) is 1.41. The van der Waals surface area contributed by atoms with Crippen LogP contribution in [-0.2, 0) is 16.0 Å². The van der Waals surface area contributed by atoms with Crippen LogP contribution in [0.4, 0.5) is 0 Å². The van der Waals surface area contributed by atoms with Gasteiger partial charge in [-0.3, -0.25) is 34.2 Å². The Hall–Kier alpha value is -3.40. The molecule has 0 bridgehead atoms.